The molecule has 0 saturated heterocycles. The van der Waals surface area contributed by atoms with E-state index in [9.17, 15) is 18.5 Å². The number of halogens is 1. The van der Waals surface area contributed by atoms with E-state index in [1.807, 2.05) is 36.4 Å². The lowest BCUT2D eigenvalue weighted by atomic mass is 10.1. The summed E-state index contributed by atoms with van der Waals surface area (Å²) in [5, 5.41) is 12.4. The second-order valence-corrected chi connectivity index (χ2v) is 8.38. The van der Waals surface area contributed by atoms with Crippen molar-refractivity contribution >= 4 is 33.7 Å². The number of carbonyl (C=O) groups excluding carboxylic acids is 1. The molecule has 1 N–H and O–H groups in total. The fraction of sp³-hybridized carbons (Fsp3) is 0.0435. The van der Waals surface area contributed by atoms with E-state index in [1.165, 1.54) is 42.5 Å². The molecule has 0 spiro atoms. The van der Waals surface area contributed by atoms with E-state index in [4.69, 9.17) is 15.8 Å². The first-order valence-electron chi connectivity index (χ1n) is 9.11. The molecule has 3 aromatic rings. The fourth-order valence-corrected chi connectivity index (χ4v) is 3.67. The molecule has 0 aliphatic carbocycles. The van der Waals surface area contributed by atoms with E-state index in [0.29, 0.717) is 10.6 Å². The van der Waals surface area contributed by atoms with Gasteiger partial charge in [-0.1, -0.05) is 54.1 Å². The topological polar surface area (TPSA) is 96.3 Å². The molecule has 0 aliphatic rings. The predicted octanol–water partition coefficient (Wildman–Crippen LogP) is 4.33. The van der Waals surface area contributed by atoms with Crippen molar-refractivity contribution in [3.05, 3.63) is 101 Å². The first-order chi connectivity index (χ1) is 14.9. The highest BCUT2D eigenvalue weighted by atomic mass is 35.5. The summed E-state index contributed by atoms with van der Waals surface area (Å²) in [5.74, 6) is -0.489. The molecule has 1 amide bonds. The van der Waals surface area contributed by atoms with Crippen LogP contribution in [0.3, 0.4) is 0 Å². The van der Waals surface area contributed by atoms with Gasteiger partial charge in [0.15, 0.2) is 0 Å². The molecule has 0 aliphatic heterocycles. The third-order valence-electron chi connectivity index (χ3n) is 4.14. The van der Waals surface area contributed by atoms with Gasteiger partial charge in [-0.05, 0) is 53.6 Å². The summed E-state index contributed by atoms with van der Waals surface area (Å²) in [6.07, 6.45) is 1.36. The zero-order chi connectivity index (χ0) is 22.3. The first-order valence-corrected chi connectivity index (χ1v) is 10.9. The number of hydrogen-bond acceptors (Lipinski definition) is 5. The SMILES string of the molecule is N#C/C(=C/c1cccc(OS(=O)(=O)c2ccc(Cl)cc2)c1)C(=O)NCc1ccccc1. The number of nitrogens with zero attached hydrogens (tertiary/aromatic N) is 1. The molecule has 8 heteroatoms. The van der Waals surface area contributed by atoms with Crippen LogP contribution >= 0.6 is 11.6 Å². The van der Waals surface area contributed by atoms with Gasteiger partial charge in [0.1, 0.15) is 22.3 Å². The van der Waals surface area contributed by atoms with Crippen LogP contribution in [0.25, 0.3) is 6.08 Å². The van der Waals surface area contributed by atoms with Crippen LogP contribution in [0, 0.1) is 11.3 Å². The van der Waals surface area contributed by atoms with Crippen LogP contribution in [0.2, 0.25) is 5.02 Å². The number of carbonyl (C=O) groups is 1. The van der Waals surface area contributed by atoms with E-state index < -0.39 is 16.0 Å². The van der Waals surface area contributed by atoms with Crippen LogP contribution in [-0.4, -0.2) is 14.3 Å². The van der Waals surface area contributed by atoms with Crippen LogP contribution < -0.4 is 9.50 Å². The number of nitriles is 1. The molecule has 3 aromatic carbocycles. The van der Waals surface area contributed by atoms with E-state index in [1.54, 1.807) is 12.1 Å². The van der Waals surface area contributed by atoms with Crippen molar-refractivity contribution in [3.8, 4) is 11.8 Å². The second-order valence-electron chi connectivity index (χ2n) is 6.40. The summed E-state index contributed by atoms with van der Waals surface area (Å²) < 4.78 is 30.0. The van der Waals surface area contributed by atoms with Crippen LogP contribution in [0.15, 0.2) is 89.3 Å². The average molecular weight is 453 g/mol. The second kappa shape index (κ2) is 9.94. The van der Waals surface area contributed by atoms with Crippen molar-refractivity contribution in [1.82, 2.24) is 5.32 Å². The van der Waals surface area contributed by atoms with E-state index in [-0.39, 0.29) is 22.8 Å². The van der Waals surface area contributed by atoms with E-state index in [0.717, 1.165) is 5.56 Å². The van der Waals surface area contributed by atoms with Crippen molar-refractivity contribution in [2.24, 2.45) is 0 Å². The van der Waals surface area contributed by atoms with Crippen LogP contribution in [0.1, 0.15) is 11.1 Å². The molecule has 3 rings (SSSR count). The number of hydrogen-bond donors (Lipinski definition) is 1. The minimum Gasteiger partial charge on any atom is -0.379 e. The third kappa shape index (κ3) is 6.19. The number of rotatable bonds is 7. The maximum atomic E-state index is 12.4. The van der Waals surface area contributed by atoms with Gasteiger partial charge in [0.2, 0.25) is 0 Å². The van der Waals surface area contributed by atoms with Crippen molar-refractivity contribution in [2.45, 2.75) is 11.4 Å². The molecular formula is C23H17ClN2O4S. The minimum absolute atomic E-state index is 0.0455. The van der Waals surface area contributed by atoms with Gasteiger partial charge in [-0.15, -0.1) is 0 Å². The molecule has 0 fully saturated rings. The standard InChI is InChI=1S/C23H17ClN2O4S/c24-20-9-11-22(12-10-20)31(28,29)30-21-8-4-7-18(14-21)13-19(15-25)23(27)26-16-17-5-2-1-3-6-17/h1-14H,16H2,(H,26,27)/b19-13-. The number of amides is 1. The lowest BCUT2D eigenvalue weighted by Crippen LogP contribution is -2.23. The average Bonchev–Trinajstić information content (AvgIpc) is 2.77. The van der Waals surface area contributed by atoms with Crippen LogP contribution in [0.5, 0.6) is 5.75 Å². The summed E-state index contributed by atoms with van der Waals surface area (Å²) in [6, 6.07) is 22.8. The Morgan fingerprint density at radius 3 is 2.42 bits per heavy atom. The largest absolute Gasteiger partial charge is 0.379 e. The Morgan fingerprint density at radius 1 is 1.03 bits per heavy atom. The van der Waals surface area contributed by atoms with Crippen molar-refractivity contribution < 1.29 is 17.4 Å². The minimum atomic E-state index is -4.06. The highest BCUT2D eigenvalue weighted by Gasteiger charge is 2.17. The molecule has 0 atom stereocenters. The van der Waals surface area contributed by atoms with Gasteiger partial charge in [0, 0.05) is 11.6 Å². The fourth-order valence-electron chi connectivity index (χ4n) is 2.62. The molecule has 31 heavy (non-hydrogen) atoms. The monoisotopic (exact) mass is 452 g/mol. The Labute approximate surface area is 185 Å². The normalized spacial score (nSPS) is 11.4. The summed E-state index contributed by atoms with van der Waals surface area (Å²) in [6.45, 7) is 0.279. The molecule has 6 nitrogen and oxygen atoms in total. The smallest absolute Gasteiger partial charge is 0.339 e. The molecule has 0 unspecified atom stereocenters. The quantitative estimate of drug-likeness (QED) is 0.327. The molecular weight excluding hydrogens is 436 g/mol. The maximum Gasteiger partial charge on any atom is 0.339 e. The predicted molar refractivity (Wildman–Crippen MR) is 118 cm³/mol. The Bertz CT molecular complexity index is 1250. The third-order valence-corrected chi connectivity index (χ3v) is 5.65. The molecule has 0 bridgehead atoms. The Hall–Kier alpha value is -3.60. The van der Waals surface area contributed by atoms with Gasteiger partial charge < -0.3 is 9.50 Å². The first kappa shape index (κ1) is 22.1. The Morgan fingerprint density at radius 2 is 1.74 bits per heavy atom. The van der Waals surface area contributed by atoms with Crippen LogP contribution in [0.4, 0.5) is 0 Å². The molecule has 0 aromatic heterocycles. The van der Waals surface area contributed by atoms with E-state index >= 15 is 0 Å². The summed E-state index contributed by atoms with van der Waals surface area (Å²) >= 11 is 5.79. The van der Waals surface area contributed by atoms with Gasteiger partial charge in [0.05, 0.1) is 0 Å². The zero-order valence-corrected chi connectivity index (χ0v) is 17.7. The van der Waals surface area contributed by atoms with Crippen molar-refractivity contribution in [1.29, 1.82) is 5.26 Å². The summed E-state index contributed by atoms with van der Waals surface area (Å²) in [7, 11) is -4.06. The summed E-state index contributed by atoms with van der Waals surface area (Å²) in [4.78, 5) is 12.3. The molecule has 0 radical (unpaired) electrons. The van der Waals surface area contributed by atoms with Gasteiger partial charge in [-0.3, -0.25) is 4.79 Å². The lowest BCUT2D eigenvalue weighted by molar-refractivity contribution is -0.117. The van der Waals surface area contributed by atoms with Gasteiger partial charge in [0.25, 0.3) is 5.91 Å². The molecule has 0 heterocycles. The van der Waals surface area contributed by atoms with Crippen molar-refractivity contribution in [2.75, 3.05) is 0 Å². The Balaban J connectivity index is 1.74. The van der Waals surface area contributed by atoms with Gasteiger partial charge in [-0.2, -0.15) is 13.7 Å². The van der Waals surface area contributed by atoms with E-state index in [2.05, 4.69) is 5.32 Å². The molecule has 0 saturated carbocycles. The number of nitrogens with one attached hydrogen (secondary N) is 1. The van der Waals surface area contributed by atoms with Gasteiger partial charge >= 0.3 is 10.1 Å². The highest BCUT2D eigenvalue weighted by molar-refractivity contribution is 7.87. The van der Waals surface area contributed by atoms with Crippen molar-refractivity contribution in [3.63, 3.8) is 0 Å². The summed E-state index contributed by atoms with van der Waals surface area (Å²) in [5.41, 5.74) is 1.22. The van der Waals surface area contributed by atoms with Crippen LogP contribution in [-0.2, 0) is 21.5 Å². The maximum absolute atomic E-state index is 12.4. The highest BCUT2D eigenvalue weighted by Crippen LogP contribution is 2.22. The lowest BCUT2D eigenvalue weighted by Gasteiger charge is -2.08. The molecule has 156 valence electrons. The number of benzene rings is 3. The van der Waals surface area contributed by atoms with Gasteiger partial charge in [-0.25, -0.2) is 0 Å². The Kier molecular flexibility index (Phi) is 7.08. The zero-order valence-electron chi connectivity index (χ0n) is 16.2.